The van der Waals surface area contributed by atoms with E-state index in [0.717, 1.165) is 26.2 Å². The van der Waals surface area contributed by atoms with E-state index in [2.05, 4.69) is 29.4 Å². The summed E-state index contributed by atoms with van der Waals surface area (Å²) in [5, 5.41) is 6.21. The molecule has 1 aliphatic heterocycles. The molecule has 1 unspecified atom stereocenters. The normalized spacial score (nSPS) is 20.2. The Bertz CT molecular complexity index is 225. The van der Waals surface area contributed by atoms with Crippen molar-refractivity contribution in [3.8, 4) is 0 Å². The zero-order valence-corrected chi connectivity index (χ0v) is 11.5. The van der Waals surface area contributed by atoms with Crippen molar-refractivity contribution in [3.05, 3.63) is 0 Å². The van der Waals surface area contributed by atoms with Crippen LogP contribution in [0.2, 0.25) is 0 Å². The molecular weight excluding hydrogens is 214 g/mol. The molecule has 0 aliphatic carbocycles. The molecule has 1 rings (SSSR count). The van der Waals surface area contributed by atoms with Crippen LogP contribution in [0.5, 0.6) is 0 Å². The lowest BCUT2D eigenvalue weighted by Crippen LogP contribution is -2.40. The van der Waals surface area contributed by atoms with Crippen molar-refractivity contribution in [2.45, 2.75) is 39.2 Å². The van der Waals surface area contributed by atoms with Crippen molar-refractivity contribution in [2.24, 2.45) is 5.92 Å². The number of rotatable bonds is 7. The summed E-state index contributed by atoms with van der Waals surface area (Å²) in [6, 6.07) is 0.624. The Balaban J connectivity index is 2.33. The second kappa shape index (κ2) is 7.67. The van der Waals surface area contributed by atoms with Crippen molar-refractivity contribution in [1.29, 1.82) is 0 Å². The van der Waals surface area contributed by atoms with Gasteiger partial charge in [-0.25, -0.2) is 0 Å². The van der Waals surface area contributed by atoms with E-state index in [0.29, 0.717) is 18.4 Å². The van der Waals surface area contributed by atoms with Gasteiger partial charge in [-0.1, -0.05) is 13.8 Å². The average Bonchev–Trinajstić information content (AvgIpc) is 2.77. The summed E-state index contributed by atoms with van der Waals surface area (Å²) >= 11 is 0. The second-order valence-corrected chi connectivity index (χ2v) is 5.37. The van der Waals surface area contributed by atoms with Gasteiger partial charge in [0.15, 0.2) is 0 Å². The molecule has 1 aliphatic rings. The summed E-state index contributed by atoms with van der Waals surface area (Å²) < 4.78 is 0. The zero-order valence-electron chi connectivity index (χ0n) is 11.5. The third-order valence-electron chi connectivity index (χ3n) is 3.20. The minimum Gasteiger partial charge on any atom is -0.359 e. The monoisotopic (exact) mass is 241 g/mol. The molecule has 0 bridgehead atoms. The molecule has 1 saturated heterocycles. The molecule has 4 heteroatoms. The predicted octanol–water partition coefficient (Wildman–Crippen LogP) is 0.833. The number of hydrogen-bond donors (Lipinski definition) is 2. The minimum absolute atomic E-state index is 0.137. The maximum absolute atomic E-state index is 11.3. The molecule has 2 N–H and O–H groups in total. The van der Waals surface area contributed by atoms with Crippen molar-refractivity contribution >= 4 is 5.91 Å². The van der Waals surface area contributed by atoms with Crippen molar-refractivity contribution < 1.29 is 4.79 Å². The molecule has 1 fully saturated rings. The molecule has 0 radical (unpaired) electrons. The van der Waals surface area contributed by atoms with Crippen LogP contribution in [0.15, 0.2) is 0 Å². The fraction of sp³-hybridized carbons (Fsp3) is 0.923. The molecule has 0 saturated carbocycles. The number of amides is 1. The largest absolute Gasteiger partial charge is 0.359 e. The molecule has 4 nitrogen and oxygen atoms in total. The summed E-state index contributed by atoms with van der Waals surface area (Å²) in [6.45, 7) is 8.64. The standard InChI is InChI=1S/C13H27N3O/c1-11(2)9-16(8-6-13(17)14-3)10-12-5-4-7-15-12/h11-12,15H,4-10H2,1-3H3,(H,14,17). The number of carbonyl (C=O) groups is 1. The highest BCUT2D eigenvalue weighted by atomic mass is 16.1. The minimum atomic E-state index is 0.137. The summed E-state index contributed by atoms with van der Waals surface area (Å²) in [5.74, 6) is 0.791. The molecule has 0 aromatic heterocycles. The third-order valence-corrected chi connectivity index (χ3v) is 3.20. The van der Waals surface area contributed by atoms with E-state index in [1.807, 2.05) is 0 Å². The van der Waals surface area contributed by atoms with Gasteiger partial charge in [0.05, 0.1) is 0 Å². The SMILES string of the molecule is CNC(=O)CCN(CC(C)C)CC1CCCN1. The maximum atomic E-state index is 11.3. The number of hydrogen-bond acceptors (Lipinski definition) is 3. The lowest BCUT2D eigenvalue weighted by Gasteiger charge is -2.27. The van der Waals surface area contributed by atoms with Crippen LogP contribution in [0.4, 0.5) is 0 Å². The van der Waals surface area contributed by atoms with Crippen molar-refractivity contribution in [3.63, 3.8) is 0 Å². The fourth-order valence-electron chi connectivity index (χ4n) is 2.38. The van der Waals surface area contributed by atoms with Crippen LogP contribution in [-0.4, -0.2) is 50.1 Å². The Kier molecular flexibility index (Phi) is 6.52. The van der Waals surface area contributed by atoms with Gasteiger partial charge in [-0.2, -0.15) is 0 Å². The second-order valence-electron chi connectivity index (χ2n) is 5.37. The number of nitrogens with zero attached hydrogens (tertiary/aromatic N) is 1. The first kappa shape index (κ1) is 14.5. The first-order valence-corrected chi connectivity index (χ1v) is 6.78. The molecule has 1 heterocycles. The Morgan fingerprint density at radius 2 is 2.29 bits per heavy atom. The summed E-state index contributed by atoms with van der Waals surface area (Å²) in [6.07, 6.45) is 3.17. The van der Waals surface area contributed by atoms with E-state index >= 15 is 0 Å². The molecule has 17 heavy (non-hydrogen) atoms. The highest BCUT2D eigenvalue weighted by Gasteiger charge is 2.18. The molecular formula is C13H27N3O. The van der Waals surface area contributed by atoms with Crippen LogP contribution in [-0.2, 0) is 4.79 Å². The first-order valence-electron chi connectivity index (χ1n) is 6.78. The van der Waals surface area contributed by atoms with Gasteiger partial charge in [0.2, 0.25) is 5.91 Å². The molecule has 0 aromatic rings. The lowest BCUT2D eigenvalue weighted by molar-refractivity contribution is -0.121. The Hall–Kier alpha value is -0.610. The van der Waals surface area contributed by atoms with E-state index in [4.69, 9.17) is 0 Å². The van der Waals surface area contributed by atoms with Gasteiger partial charge < -0.3 is 15.5 Å². The Labute approximate surface area is 105 Å². The van der Waals surface area contributed by atoms with Gasteiger partial charge in [0.25, 0.3) is 0 Å². The average molecular weight is 241 g/mol. The van der Waals surface area contributed by atoms with Gasteiger partial charge in [-0.05, 0) is 25.3 Å². The Morgan fingerprint density at radius 3 is 2.82 bits per heavy atom. The third kappa shape index (κ3) is 6.03. The molecule has 0 aromatic carbocycles. The topological polar surface area (TPSA) is 44.4 Å². The molecule has 1 amide bonds. The van der Waals surface area contributed by atoms with Crippen LogP contribution >= 0.6 is 0 Å². The Morgan fingerprint density at radius 1 is 1.53 bits per heavy atom. The molecule has 1 atom stereocenters. The molecule has 0 spiro atoms. The van der Waals surface area contributed by atoms with Crippen LogP contribution < -0.4 is 10.6 Å². The quantitative estimate of drug-likeness (QED) is 0.694. The van der Waals surface area contributed by atoms with Crippen LogP contribution in [0.1, 0.15) is 33.1 Å². The smallest absolute Gasteiger partial charge is 0.221 e. The van der Waals surface area contributed by atoms with E-state index < -0.39 is 0 Å². The van der Waals surface area contributed by atoms with Crippen molar-refractivity contribution in [2.75, 3.05) is 33.2 Å². The van der Waals surface area contributed by atoms with Crippen LogP contribution in [0.25, 0.3) is 0 Å². The van der Waals surface area contributed by atoms with Gasteiger partial charge in [-0.15, -0.1) is 0 Å². The number of nitrogens with one attached hydrogen (secondary N) is 2. The van der Waals surface area contributed by atoms with E-state index in [1.165, 1.54) is 12.8 Å². The van der Waals surface area contributed by atoms with E-state index in [9.17, 15) is 4.79 Å². The first-order chi connectivity index (χ1) is 8.11. The van der Waals surface area contributed by atoms with E-state index in [1.54, 1.807) is 7.05 Å². The molecule has 100 valence electrons. The van der Waals surface area contributed by atoms with E-state index in [-0.39, 0.29) is 5.91 Å². The lowest BCUT2D eigenvalue weighted by atomic mass is 10.1. The highest BCUT2D eigenvalue weighted by Crippen LogP contribution is 2.09. The van der Waals surface area contributed by atoms with Gasteiger partial charge in [0.1, 0.15) is 0 Å². The zero-order chi connectivity index (χ0) is 12.7. The van der Waals surface area contributed by atoms with Crippen LogP contribution in [0.3, 0.4) is 0 Å². The maximum Gasteiger partial charge on any atom is 0.221 e. The summed E-state index contributed by atoms with van der Waals surface area (Å²) in [4.78, 5) is 13.7. The highest BCUT2D eigenvalue weighted by molar-refractivity contribution is 5.75. The number of carbonyl (C=O) groups excluding carboxylic acids is 1. The van der Waals surface area contributed by atoms with Crippen LogP contribution in [0, 0.1) is 5.92 Å². The predicted molar refractivity (Wildman–Crippen MR) is 71.0 cm³/mol. The summed E-state index contributed by atoms with van der Waals surface area (Å²) in [5.41, 5.74) is 0. The van der Waals surface area contributed by atoms with Crippen molar-refractivity contribution in [1.82, 2.24) is 15.5 Å². The van der Waals surface area contributed by atoms with Gasteiger partial charge in [0, 0.05) is 39.1 Å². The van der Waals surface area contributed by atoms with Gasteiger partial charge in [-0.3, -0.25) is 4.79 Å². The summed E-state index contributed by atoms with van der Waals surface area (Å²) in [7, 11) is 1.70. The fourth-order valence-corrected chi connectivity index (χ4v) is 2.38. The van der Waals surface area contributed by atoms with Gasteiger partial charge >= 0.3 is 0 Å².